The van der Waals surface area contributed by atoms with Crippen LogP contribution in [0.15, 0.2) is 60.7 Å². The zero-order chi connectivity index (χ0) is 13.3. The molecule has 0 aliphatic rings. The molecule has 2 aromatic rings. The summed E-state index contributed by atoms with van der Waals surface area (Å²) in [6.07, 6.45) is 2.35. The van der Waals surface area contributed by atoms with Crippen LogP contribution < -0.4 is 4.74 Å². The van der Waals surface area contributed by atoms with Crippen LogP contribution in [0.1, 0.15) is 18.4 Å². The van der Waals surface area contributed by atoms with Crippen molar-refractivity contribution in [2.75, 3.05) is 6.61 Å². The number of rotatable bonds is 7. The second kappa shape index (κ2) is 7.59. The van der Waals surface area contributed by atoms with E-state index in [0.717, 1.165) is 25.0 Å². The quantitative estimate of drug-likeness (QED) is 0.822. The standard InChI is InChI=1S/C17H20O2/c18-16(14-19-17-12-5-2-6-13-17)11-7-10-15-8-3-1-4-9-15/h1-6,8-9,12-13,16,18H,7,10-11,14H2. The van der Waals surface area contributed by atoms with Crippen molar-refractivity contribution >= 4 is 0 Å². The van der Waals surface area contributed by atoms with Crippen molar-refractivity contribution in [2.24, 2.45) is 0 Å². The van der Waals surface area contributed by atoms with Gasteiger partial charge in [0, 0.05) is 0 Å². The molecule has 1 atom stereocenters. The molecule has 2 nitrogen and oxygen atoms in total. The van der Waals surface area contributed by atoms with Crippen molar-refractivity contribution in [1.29, 1.82) is 0 Å². The second-order valence-electron chi connectivity index (χ2n) is 4.66. The van der Waals surface area contributed by atoms with Crippen LogP contribution >= 0.6 is 0 Å². The minimum absolute atomic E-state index is 0.360. The average molecular weight is 256 g/mol. The topological polar surface area (TPSA) is 29.5 Å². The number of ether oxygens (including phenoxy) is 1. The second-order valence-corrected chi connectivity index (χ2v) is 4.66. The largest absolute Gasteiger partial charge is 0.491 e. The van der Waals surface area contributed by atoms with Gasteiger partial charge in [-0.25, -0.2) is 0 Å². The van der Waals surface area contributed by atoms with E-state index in [9.17, 15) is 5.11 Å². The van der Waals surface area contributed by atoms with E-state index in [1.54, 1.807) is 0 Å². The van der Waals surface area contributed by atoms with Gasteiger partial charge in [0.05, 0.1) is 6.10 Å². The van der Waals surface area contributed by atoms with Crippen LogP contribution in [0.25, 0.3) is 0 Å². The van der Waals surface area contributed by atoms with E-state index in [-0.39, 0.29) is 0 Å². The monoisotopic (exact) mass is 256 g/mol. The number of aryl methyl sites for hydroxylation is 1. The summed E-state index contributed by atoms with van der Waals surface area (Å²) < 4.78 is 5.52. The fraction of sp³-hybridized carbons (Fsp3) is 0.294. The summed E-state index contributed by atoms with van der Waals surface area (Å²) in [5.74, 6) is 0.810. The molecule has 0 aromatic heterocycles. The molecule has 0 fully saturated rings. The maximum atomic E-state index is 9.86. The Bertz CT molecular complexity index is 453. The van der Waals surface area contributed by atoms with Crippen molar-refractivity contribution < 1.29 is 9.84 Å². The Labute approximate surface area is 114 Å². The van der Waals surface area contributed by atoms with Gasteiger partial charge in [-0.15, -0.1) is 0 Å². The summed E-state index contributed by atoms with van der Waals surface area (Å²) in [6, 6.07) is 19.9. The van der Waals surface area contributed by atoms with Crippen LogP contribution in [0.5, 0.6) is 5.75 Å². The molecule has 0 saturated carbocycles. The number of benzene rings is 2. The van der Waals surface area contributed by atoms with Gasteiger partial charge in [-0.3, -0.25) is 0 Å². The smallest absolute Gasteiger partial charge is 0.119 e. The van der Waals surface area contributed by atoms with Crippen LogP contribution in [0.3, 0.4) is 0 Å². The van der Waals surface area contributed by atoms with Crippen LogP contribution in [0, 0.1) is 0 Å². The van der Waals surface area contributed by atoms with E-state index in [1.165, 1.54) is 5.56 Å². The molecule has 2 aromatic carbocycles. The highest BCUT2D eigenvalue weighted by molar-refractivity contribution is 5.20. The van der Waals surface area contributed by atoms with E-state index >= 15 is 0 Å². The number of hydrogen-bond acceptors (Lipinski definition) is 2. The van der Waals surface area contributed by atoms with Gasteiger partial charge >= 0.3 is 0 Å². The molecule has 0 heterocycles. The number of aliphatic hydroxyl groups is 1. The van der Waals surface area contributed by atoms with Crippen LogP contribution in [-0.2, 0) is 6.42 Å². The predicted molar refractivity (Wildman–Crippen MR) is 77.3 cm³/mol. The number of aliphatic hydroxyl groups excluding tert-OH is 1. The molecule has 2 heteroatoms. The van der Waals surface area contributed by atoms with Gasteiger partial charge in [0.1, 0.15) is 12.4 Å². The summed E-state index contributed by atoms with van der Waals surface area (Å²) in [6.45, 7) is 0.360. The zero-order valence-corrected chi connectivity index (χ0v) is 11.0. The maximum Gasteiger partial charge on any atom is 0.119 e. The molecular weight excluding hydrogens is 236 g/mol. The molecule has 0 saturated heterocycles. The van der Waals surface area contributed by atoms with E-state index in [2.05, 4.69) is 12.1 Å². The molecule has 0 spiro atoms. The van der Waals surface area contributed by atoms with Gasteiger partial charge in [0.2, 0.25) is 0 Å². The summed E-state index contributed by atoms with van der Waals surface area (Å²) in [5.41, 5.74) is 1.32. The molecule has 0 aliphatic carbocycles. The molecule has 0 radical (unpaired) electrons. The molecule has 1 N–H and O–H groups in total. The molecular formula is C17H20O2. The van der Waals surface area contributed by atoms with E-state index < -0.39 is 6.10 Å². The third kappa shape index (κ3) is 5.14. The van der Waals surface area contributed by atoms with Gasteiger partial charge in [0.25, 0.3) is 0 Å². The fourth-order valence-corrected chi connectivity index (χ4v) is 1.98. The molecule has 2 rings (SSSR count). The molecule has 100 valence electrons. The van der Waals surface area contributed by atoms with Gasteiger partial charge in [-0.2, -0.15) is 0 Å². The Morgan fingerprint density at radius 3 is 2.21 bits per heavy atom. The Balaban J connectivity index is 1.64. The lowest BCUT2D eigenvalue weighted by Crippen LogP contribution is -2.17. The Kier molecular flexibility index (Phi) is 5.45. The van der Waals surface area contributed by atoms with Crippen molar-refractivity contribution in [3.63, 3.8) is 0 Å². The lowest BCUT2D eigenvalue weighted by molar-refractivity contribution is 0.0982. The van der Waals surface area contributed by atoms with Gasteiger partial charge in [-0.1, -0.05) is 48.5 Å². The first-order valence-corrected chi connectivity index (χ1v) is 6.74. The predicted octanol–water partition coefficient (Wildman–Crippen LogP) is 3.45. The van der Waals surface area contributed by atoms with E-state index in [4.69, 9.17) is 4.74 Å². The van der Waals surface area contributed by atoms with Crippen LogP contribution in [0.2, 0.25) is 0 Å². The van der Waals surface area contributed by atoms with E-state index in [1.807, 2.05) is 48.5 Å². The van der Waals surface area contributed by atoms with E-state index in [0.29, 0.717) is 6.61 Å². The lowest BCUT2D eigenvalue weighted by Gasteiger charge is -2.12. The fourth-order valence-electron chi connectivity index (χ4n) is 1.98. The summed E-state index contributed by atoms with van der Waals surface area (Å²) in [5, 5.41) is 9.86. The molecule has 0 aliphatic heterocycles. The Morgan fingerprint density at radius 1 is 0.895 bits per heavy atom. The normalized spacial score (nSPS) is 12.1. The first-order chi connectivity index (χ1) is 9.34. The van der Waals surface area contributed by atoms with Crippen LogP contribution in [0.4, 0.5) is 0 Å². The number of hydrogen-bond donors (Lipinski definition) is 1. The first-order valence-electron chi connectivity index (χ1n) is 6.74. The first kappa shape index (κ1) is 13.6. The van der Waals surface area contributed by atoms with Gasteiger partial charge in [-0.05, 0) is 37.0 Å². The Hall–Kier alpha value is -1.80. The average Bonchev–Trinajstić information content (AvgIpc) is 2.47. The third-order valence-electron chi connectivity index (χ3n) is 3.03. The lowest BCUT2D eigenvalue weighted by atomic mass is 10.1. The minimum Gasteiger partial charge on any atom is -0.491 e. The van der Waals surface area contributed by atoms with Crippen molar-refractivity contribution in [1.82, 2.24) is 0 Å². The van der Waals surface area contributed by atoms with Crippen molar-refractivity contribution in [3.05, 3.63) is 66.2 Å². The summed E-state index contributed by atoms with van der Waals surface area (Å²) in [4.78, 5) is 0. The highest BCUT2D eigenvalue weighted by Gasteiger charge is 2.05. The molecule has 1 unspecified atom stereocenters. The third-order valence-corrected chi connectivity index (χ3v) is 3.03. The van der Waals surface area contributed by atoms with Crippen molar-refractivity contribution in [3.8, 4) is 5.75 Å². The minimum atomic E-state index is -0.399. The van der Waals surface area contributed by atoms with Crippen molar-refractivity contribution in [2.45, 2.75) is 25.4 Å². The Morgan fingerprint density at radius 2 is 1.53 bits per heavy atom. The maximum absolute atomic E-state index is 9.86. The summed E-state index contributed by atoms with van der Waals surface area (Å²) >= 11 is 0. The van der Waals surface area contributed by atoms with Gasteiger partial charge < -0.3 is 9.84 Å². The van der Waals surface area contributed by atoms with Gasteiger partial charge in [0.15, 0.2) is 0 Å². The highest BCUT2D eigenvalue weighted by Crippen LogP contribution is 2.11. The summed E-state index contributed by atoms with van der Waals surface area (Å²) in [7, 11) is 0. The molecule has 0 bridgehead atoms. The molecule has 19 heavy (non-hydrogen) atoms. The van der Waals surface area contributed by atoms with Crippen LogP contribution in [-0.4, -0.2) is 17.8 Å². The highest BCUT2D eigenvalue weighted by atomic mass is 16.5. The number of para-hydroxylation sites is 1. The molecule has 0 amide bonds. The zero-order valence-electron chi connectivity index (χ0n) is 11.0. The SMILES string of the molecule is OC(CCCc1ccccc1)COc1ccccc1.